The molecular formula is C10H11F3N2O. The van der Waals surface area contributed by atoms with E-state index in [2.05, 4.69) is 10.3 Å². The Balaban J connectivity index is 2.27. The molecule has 3 nitrogen and oxygen atoms in total. The van der Waals surface area contributed by atoms with Crippen LogP contribution in [-0.4, -0.2) is 30.0 Å². The fourth-order valence-corrected chi connectivity index (χ4v) is 1.14. The van der Waals surface area contributed by atoms with Gasteiger partial charge in [-0.1, -0.05) is 6.07 Å². The summed E-state index contributed by atoms with van der Waals surface area (Å²) in [6.07, 6.45) is -1.11. The van der Waals surface area contributed by atoms with Gasteiger partial charge in [-0.3, -0.25) is 9.78 Å². The van der Waals surface area contributed by atoms with Crippen molar-refractivity contribution in [2.75, 3.05) is 13.1 Å². The van der Waals surface area contributed by atoms with Gasteiger partial charge in [0.15, 0.2) is 5.78 Å². The van der Waals surface area contributed by atoms with E-state index in [-0.39, 0.29) is 18.7 Å². The second-order valence-corrected chi connectivity index (χ2v) is 3.30. The van der Waals surface area contributed by atoms with Gasteiger partial charge in [-0.25, -0.2) is 0 Å². The van der Waals surface area contributed by atoms with Crippen LogP contribution in [0.5, 0.6) is 0 Å². The molecule has 0 fully saturated rings. The Labute approximate surface area is 90.7 Å². The first kappa shape index (κ1) is 12.6. The molecule has 0 amide bonds. The maximum absolute atomic E-state index is 11.7. The van der Waals surface area contributed by atoms with Crippen molar-refractivity contribution >= 4 is 5.78 Å². The van der Waals surface area contributed by atoms with E-state index in [4.69, 9.17) is 0 Å². The summed E-state index contributed by atoms with van der Waals surface area (Å²) in [5.74, 6) is -0.294. The number of hydrogen-bond acceptors (Lipinski definition) is 3. The molecule has 1 N–H and O–H groups in total. The number of pyridine rings is 1. The molecule has 0 aliphatic rings. The fraction of sp³-hybridized carbons (Fsp3) is 0.400. The average molecular weight is 232 g/mol. The van der Waals surface area contributed by atoms with E-state index in [1.807, 2.05) is 0 Å². The van der Waals surface area contributed by atoms with Crippen LogP contribution in [0, 0.1) is 0 Å². The summed E-state index contributed by atoms with van der Waals surface area (Å²) in [5, 5.41) is 2.05. The molecule has 1 aromatic rings. The lowest BCUT2D eigenvalue weighted by Gasteiger charge is -2.07. The molecule has 0 saturated carbocycles. The van der Waals surface area contributed by atoms with Crippen molar-refractivity contribution in [2.24, 2.45) is 0 Å². The molecule has 0 bridgehead atoms. The zero-order chi connectivity index (χ0) is 12.0. The zero-order valence-corrected chi connectivity index (χ0v) is 8.42. The number of halogens is 3. The molecule has 1 rings (SSSR count). The first-order valence-corrected chi connectivity index (χ1v) is 4.65. The van der Waals surface area contributed by atoms with Crippen LogP contribution in [-0.2, 0) is 11.2 Å². The van der Waals surface area contributed by atoms with Crippen LogP contribution in [0.15, 0.2) is 24.5 Å². The number of ketones is 1. The second-order valence-electron chi connectivity index (χ2n) is 3.30. The number of alkyl halides is 3. The van der Waals surface area contributed by atoms with Gasteiger partial charge in [0.05, 0.1) is 13.1 Å². The van der Waals surface area contributed by atoms with Crippen molar-refractivity contribution in [1.82, 2.24) is 10.3 Å². The predicted molar refractivity (Wildman–Crippen MR) is 51.9 cm³/mol. The first-order chi connectivity index (χ1) is 7.47. The molecule has 0 spiro atoms. The van der Waals surface area contributed by atoms with Gasteiger partial charge in [0.25, 0.3) is 0 Å². The number of carbonyl (C=O) groups excluding carboxylic acids is 1. The molecule has 0 unspecified atom stereocenters. The number of rotatable bonds is 5. The van der Waals surface area contributed by atoms with E-state index in [1.54, 1.807) is 18.3 Å². The lowest BCUT2D eigenvalue weighted by molar-refractivity contribution is -0.127. The number of carbonyl (C=O) groups is 1. The fourth-order valence-electron chi connectivity index (χ4n) is 1.14. The average Bonchev–Trinajstić information content (AvgIpc) is 2.17. The van der Waals surface area contributed by atoms with Crippen molar-refractivity contribution in [3.63, 3.8) is 0 Å². The summed E-state index contributed by atoms with van der Waals surface area (Å²) < 4.78 is 35.2. The molecular weight excluding hydrogens is 221 g/mol. The van der Waals surface area contributed by atoms with Crippen LogP contribution in [0.4, 0.5) is 13.2 Å². The van der Waals surface area contributed by atoms with Gasteiger partial charge >= 0.3 is 6.18 Å². The lowest BCUT2D eigenvalue weighted by Crippen LogP contribution is -2.33. The smallest absolute Gasteiger partial charge is 0.302 e. The quantitative estimate of drug-likeness (QED) is 0.833. The van der Waals surface area contributed by atoms with Crippen molar-refractivity contribution in [2.45, 2.75) is 12.6 Å². The van der Waals surface area contributed by atoms with Gasteiger partial charge < -0.3 is 5.32 Å². The van der Waals surface area contributed by atoms with Gasteiger partial charge in [0.2, 0.25) is 0 Å². The van der Waals surface area contributed by atoms with Gasteiger partial charge in [-0.05, 0) is 11.6 Å². The molecule has 88 valence electrons. The molecule has 0 radical (unpaired) electrons. The monoisotopic (exact) mass is 232 g/mol. The molecule has 6 heteroatoms. The van der Waals surface area contributed by atoms with Gasteiger partial charge in [-0.15, -0.1) is 0 Å². The minimum Gasteiger partial charge on any atom is -0.302 e. The van der Waals surface area contributed by atoms with E-state index >= 15 is 0 Å². The number of nitrogens with zero attached hydrogens (tertiary/aromatic N) is 1. The van der Waals surface area contributed by atoms with Crippen molar-refractivity contribution in [3.05, 3.63) is 30.1 Å². The summed E-state index contributed by atoms with van der Waals surface area (Å²) >= 11 is 0. The Morgan fingerprint density at radius 3 is 2.75 bits per heavy atom. The van der Waals surface area contributed by atoms with E-state index in [9.17, 15) is 18.0 Å². The number of hydrogen-bond donors (Lipinski definition) is 1. The number of aromatic nitrogens is 1. The highest BCUT2D eigenvalue weighted by molar-refractivity contribution is 5.82. The van der Waals surface area contributed by atoms with Gasteiger partial charge in [-0.2, -0.15) is 13.2 Å². The molecule has 0 aliphatic heterocycles. The minimum atomic E-state index is -4.28. The molecule has 0 saturated heterocycles. The first-order valence-electron chi connectivity index (χ1n) is 4.65. The maximum atomic E-state index is 11.7. The number of Topliss-reactive ketones (excluding diaryl/α,β-unsaturated/α-hetero) is 1. The van der Waals surface area contributed by atoms with Crippen LogP contribution in [0.1, 0.15) is 5.56 Å². The molecule has 1 heterocycles. The standard InChI is InChI=1S/C10H11F3N2O/c11-10(12,13)7-15-6-9(16)4-8-2-1-3-14-5-8/h1-3,5,15H,4,6-7H2. The highest BCUT2D eigenvalue weighted by atomic mass is 19.4. The van der Waals surface area contributed by atoms with Crippen LogP contribution < -0.4 is 5.32 Å². The maximum Gasteiger partial charge on any atom is 0.401 e. The molecule has 1 aromatic heterocycles. The number of nitrogens with one attached hydrogen (secondary N) is 1. The van der Waals surface area contributed by atoms with Crippen LogP contribution in [0.2, 0.25) is 0 Å². The third-order valence-corrected chi connectivity index (χ3v) is 1.77. The van der Waals surface area contributed by atoms with Gasteiger partial charge in [0.1, 0.15) is 0 Å². The third-order valence-electron chi connectivity index (χ3n) is 1.77. The summed E-state index contributed by atoms with van der Waals surface area (Å²) in [6, 6.07) is 3.38. The Morgan fingerprint density at radius 1 is 1.44 bits per heavy atom. The Morgan fingerprint density at radius 2 is 2.19 bits per heavy atom. The van der Waals surface area contributed by atoms with Crippen LogP contribution >= 0.6 is 0 Å². The SMILES string of the molecule is O=C(CNCC(F)(F)F)Cc1cccnc1. The molecule has 16 heavy (non-hydrogen) atoms. The molecule has 0 atom stereocenters. The van der Waals surface area contributed by atoms with Crippen molar-refractivity contribution in [1.29, 1.82) is 0 Å². The Kier molecular flexibility index (Phi) is 4.42. The summed E-state index contributed by atoms with van der Waals surface area (Å²) in [5.41, 5.74) is 0.696. The third kappa shape index (κ3) is 5.45. The van der Waals surface area contributed by atoms with E-state index < -0.39 is 12.7 Å². The minimum absolute atomic E-state index is 0.0959. The van der Waals surface area contributed by atoms with Crippen molar-refractivity contribution in [3.8, 4) is 0 Å². The highest BCUT2D eigenvalue weighted by Gasteiger charge is 2.26. The highest BCUT2D eigenvalue weighted by Crippen LogP contribution is 2.11. The Hall–Kier alpha value is -1.43. The topological polar surface area (TPSA) is 42.0 Å². The van der Waals surface area contributed by atoms with Gasteiger partial charge in [0, 0.05) is 18.8 Å². The zero-order valence-electron chi connectivity index (χ0n) is 8.42. The predicted octanol–water partition coefficient (Wildman–Crippen LogP) is 1.35. The molecule has 0 aromatic carbocycles. The largest absolute Gasteiger partial charge is 0.401 e. The summed E-state index contributed by atoms with van der Waals surface area (Å²) in [7, 11) is 0. The summed E-state index contributed by atoms with van der Waals surface area (Å²) in [6.45, 7) is -1.43. The normalized spacial score (nSPS) is 11.4. The molecule has 0 aliphatic carbocycles. The van der Waals surface area contributed by atoms with E-state index in [0.29, 0.717) is 5.56 Å². The summed E-state index contributed by atoms with van der Waals surface area (Å²) in [4.78, 5) is 15.0. The van der Waals surface area contributed by atoms with E-state index in [1.165, 1.54) is 6.20 Å². The Bertz CT molecular complexity index is 338. The van der Waals surface area contributed by atoms with Crippen molar-refractivity contribution < 1.29 is 18.0 Å². The van der Waals surface area contributed by atoms with E-state index in [0.717, 1.165) is 0 Å². The lowest BCUT2D eigenvalue weighted by atomic mass is 10.1. The second kappa shape index (κ2) is 5.60. The van der Waals surface area contributed by atoms with Crippen LogP contribution in [0.3, 0.4) is 0 Å². The van der Waals surface area contributed by atoms with Crippen LogP contribution in [0.25, 0.3) is 0 Å².